The number of nitrogens with zero attached hydrogens (tertiary/aromatic N) is 3. The van der Waals surface area contributed by atoms with Gasteiger partial charge in [0.25, 0.3) is 0 Å². The van der Waals surface area contributed by atoms with E-state index in [1.165, 1.54) is 12.8 Å². The van der Waals surface area contributed by atoms with Gasteiger partial charge in [0.15, 0.2) is 5.82 Å². The predicted molar refractivity (Wildman–Crippen MR) is 43.4 cm³/mol. The average molecular weight is 167 g/mol. The zero-order chi connectivity index (χ0) is 8.39. The van der Waals surface area contributed by atoms with Crippen molar-refractivity contribution in [3.05, 3.63) is 5.82 Å². The smallest absolute Gasteiger partial charge is 0.179 e. The Labute approximate surface area is 70.7 Å². The molecule has 2 atom stereocenters. The van der Waals surface area contributed by atoms with Crippen LogP contribution in [0.25, 0.3) is 0 Å². The number of hydrogen-bond acceptors (Lipinski definition) is 4. The van der Waals surface area contributed by atoms with E-state index in [0.29, 0.717) is 5.92 Å². The Morgan fingerprint density at radius 1 is 1.33 bits per heavy atom. The predicted octanol–water partition coefficient (Wildman–Crippen LogP) is 0.185. The fourth-order valence-electron chi connectivity index (χ4n) is 1.81. The van der Waals surface area contributed by atoms with Crippen molar-refractivity contribution >= 4 is 0 Å². The van der Waals surface area contributed by atoms with Gasteiger partial charge in [-0.15, -0.1) is 10.2 Å². The van der Waals surface area contributed by atoms with E-state index in [1.807, 2.05) is 0 Å². The highest BCUT2D eigenvalue weighted by Gasteiger charge is 2.26. The fourth-order valence-corrected chi connectivity index (χ4v) is 1.81. The summed E-state index contributed by atoms with van der Waals surface area (Å²) in [7, 11) is 0. The van der Waals surface area contributed by atoms with Crippen LogP contribution in [0.3, 0.4) is 0 Å². The summed E-state index contributed by atoms with van der Waals surface area (Å²) >= 11 is 0. The van der Waals surface area contributed by atoms with Gasteiger partial charge in [0, 0.05) is 12.0 Å². The molecule has 5 heteroatoms. The summed E-state index contributed by atoms with van der Waals surface area (Å²) in [6, 6.07) is 0.219. The number of rotatable bonds is 1. The standard InChI is InChI=1S/C7H13N5/c8-6-4-2-1-3-5(6)7-9-11-12-10-7/h5-6H,1-4,8H2,(H,9,10,11,12). The van der Waals surface area contributed by atoms with Crippen molar-refractivity contribution in [3.63, 3.8) is 0 Å². The van der Waals surface area contributed by atoms with Gasteiger partial charge in [-0.2, -0.15) is 5.21 Å². The molecule has 0 aliphatic heterocycles. The highest BCUT2D eigenvalue weighted by atomic mass is 15.5. The molecule has 66 valence electrons. The molecule has 1 aliphatic rings. The second-order valence-electron chi connectivity index (χ2n) is 3.32. The Kier molecular flexibility index (Phi) is 2.03. The minimum Gasteiger partial charge on any atom is -0.327 e. The van der Waals surface area contributed by atoms with Crippen LogP contribution in [0.15, 0.2) is 0 Å². The normalized spacial score (nSPS) is 30.4. The van der Waals surface area contributed by atoms with Gasteiger partial charge in [-0.25, -0.2) is 0 Å². The summed E-state index contributed by atoms with van der Waals surface area (Å²) in [5, 5.41) is 13.9. The molecule has 1 aliphatic carbocycles. The van der Waals surface area contributed by atoms with Crippen LogP contribution in [0.2, 0.25) is 0 Å². The quantitative estimate of drug-likeness (QED) is 0.625. The van der Waals surface area contributed by atoms with Crippen LogP contribution < -0.4 is 5.73 Å². The molecule has 12 heavy (non-hydrogen) atoms. The molecular weight excluding hydrogens is 154 g/mol. The molecule has 3 N–H and O–H groups in total. The first-order chi connectivity index (χ1) is 5.88. The molecule has 2 unspecified atom stereocenters. The molecule has 0 amide bonds. The first-order valence-electron chi connectivity index (χ1n) is 4.37. The summed E-state index contributed by atoms with van der Waals surface area (Å²) in [6.45, 7) is 0. The third kappa shape index (κ3) is 1.32. The van der Waals surface area contributed by atoms with Gasteiger partial charge >= 0.3 is 0 Å². The number of hydrogen-bond donors (Lipinski definition) is 2. The van der Waals surface area contributed by atoms with Crippen LogP contribution in [-0.2, 0) is 0 Å². The molecule has 5 nitrogen and oxygen atoms in total. The number of aromatic amines is 1. The van der Waals surface area contributed by atoms with E-state index in [0.717, 1.165) is 18.7 Å². The van der Waals surface area contributed by atoms with Crippen molar-refractivity contribution in [2.45, 2.75) is 37.6 Å². The first-order valence-corrected chi connectivity index (χ1v) is 4.37. The molecule has 1 fully saturated rings. The second-order valence-corrected chi connectivity index (χ2v) is 3.32. The first kappa shape index (κ1) is 7.67. The number of nitrogens with two attached hydrogens (primary N) is 1. The molecule has 1 saturated carbocycles. The van der Waals surface area contributed by atoms with Crippen LogP contribution in [0.4, 0.5) is 0 Å². The highest BCUT2D eigenvalue weighted by Crippen LogP contribution is 2.28. The van der Waals surface area contributed by atoms with Gasteiger partial charge in [0.2, 0.25) is 0 Å². The van der Waals surface area contributed by atoms with Crippen LogP contribution in [0, 0.1) is 0 Å². The van der Waals surface area contributed by atoms with Crippen molar-refractivity contribution in [1.82, 2.24) is 20.6 Å². The van der Waals surface area contributed by atoms with Crippen LogP contribution in [0.5, 0.6) is 0 Å². The maximum absolute atomic E-state index is 5.95. The number of aromatic nitrogens is 4. The van der Waals surface area contributed by atoms with E-state index in [9.17, 15) is 0 Å². The number of H-pyrrole nitrogens is 1. The van der Waals surface area contributed by atoms with Crippen molar-refractivity contribution in [3.8, 4) is 0 Å². The van der Waals surface area contributed by atoms with Crippen LogP contribution in [-0.4, -0.2) is 26.7 Å². The Morgan fingerprint density at radius 2 is 2.17 bits per heavy atom. The summed E-state index contributed by atoms with van der Waals surface area (Å²) < 4.78 is 0. The summed E-state index contributed by atoms with van der Waals surface area (Å²) in [5.41, 5.74) is 5.95. The molecule has 0 spiro atoms. The molecule has 0 bridgehead atoms. The number of tetrazole rings is 1. The Hall–Kier alpha value is -0.970. The summed E-state index contributed by atoms with van der Waals surface area (Å²) in [4.78, 5) is 0. The van der Waals surface area contributed by atoms with E-state index in [2.05, 4.69) is 20.6 Å². The maximum Gasteiger partial charge on any atom is 0.179 e. The average Bonchev–Trinajstić information content (AvgIpc) is 2.57. The Morgan fingerprint density at radius 3 is 2.83 bits per heavy atom. The van der Waals surface area contributed by atoms with Crippen molar-refractivity contribution in [2.24, 2.45) is 5.73 Å². The van der Waals surface area contributed by atoms with Crippen molar-refractivity contribution in [2.75, 3.05) is 0 Å². The van der Waals surface area contributed by atoms with E-state index in [1.54, 1.807) is 0 Å². The third-order valence-electron chi connectivity index (χ3n) is 2.51. The molecular formula is C7H13N5. The lowest BCUT2D eigenvalue weighted by molar-refractivity contribution is 0.373. The van der Waals surface area contributed by atoms with Gasteiger partial charge in [0.1, 0.15) is 0 Å². The van der Waals surface area contributed by atoms with E-state index in [4.69, 9.17) is 5.73 Å². The van der Waals surface area contributed by atoms with E-state index < -0.39 is 0 Å². The molecule has 1 heterocycles. The summed E-state index contributed by atoms with van der Waals surface area (Å²) in [6.07, 6.45) is 4.64. The molecule has 1 aromatic heterocycles. The second kappa shape index (κ2) is 3.18. The molecule has 1 aromatic rings. The third-order valence-corrected chi connectivity index (χ3v) is 2.51. The van der Waals surface area contributed by atoms with Gasteiger partial charge < -0.3 is 5.73 Å². The zero-order valence-electron chi connectivity index (χ0n) is 6.90. The fraction of sp³-hybridized carbons (Fsp3) is 0.857. The molecule has 0 aromatic carbocycles. The Bertz CT molecular complexity index is 232. The minimum atomic E-state index is 0.219. The molecule has 0 saturated heterocycles. The van der Waals surface area contributed by atoms with E-state index in [-0.39, 0.29) is 6.04 Å². The topological polar surface area (TPSA) is 80.5 Å². The SMILES string of the molecule is NC1CCCCC1c1nn[nH]n1. The lowest BCUT2D eigenvalue weighted by Gasteiger charge is -2.25. The van der Waals surface area contributed by atoms with Gasteiger partial charge in [-0.1, -0.05) is 18.1 Å². The van der Waals surface area contributed by atoms with E-state index >= 15 is 0 Å². The van der Waals surface area contributed by atoms with Gasteiger partial charge in [-0.3, -0.25) is 0 Å². The summed E-state index contributed by atoms with van der Waals surface area (Å²) in [5.74, 6) is 1.10. The maximum atomic E-state index is 5.95. The largest absolute Gasteiger partial charge is 0.327 e. The van der Waals surface area contributed by atoms with Crippen molar-refractivity contribution in [1.29, 1.82) is 0 Å². The molecule has 2 rings (SSSR count). The Balaban J connectivity index is 2.11. The lowest BCUT2D eigenvalue weighted by atomic mass is 9.85. The lowest BCUT2D eigenvalue weighted by Crippen LogP contribution is -2.32. The van der Waals surface area contributed by atoms with Crippen LogP contribution >= 0.6 is 0 Å². The van der Waals surface area contributed by atoms with Gasteiger partial charge in [-0.05, 0) is 12.8 Å². The number of nitrogens with one attached hydrogen (secondary N) is 1. The zero-order valence-corrected chi connectivity index (χ0v) is 6.90. The molecule has 0 radical (unpaired) electrons. The van der Waals surface area contributed by atoms with Crippen molar-refractivity contribution < 1.29 is 0 Å². The minimum absolute atomic E-state index is 0.219. The van der Waals surface area contributed by atoms with Crippen LogP contribution in [0.1, 0.15) is 37.4 Å². The van der Waals surface area contributed by atoms with Gasteiger partial charge in [0.05, 0.1) is 0 Å². The highest BCUT2D eigenvalue weighted by molar-refractivity contribution is 4.98. The monoisotopic (exact) mass is 167 g/mol.